The minimum absolute atomic E-state index is 0.293. The second-order valence-electron chi connectivity index (χ2n) is 4.62. The molecule has 0 N–H and O–H groups in total. The third kappa shape index (κ3) is 2.35. The van der Waals surface area contributed by atoms with Crippen molar-refractivity contribution in [1.29, 1.82) is 0 Å². The van der Waals surface area contributed by atoms with Gasteiger partial charge < -0.3 is 4.74 Å². The highest BCUT2D eigenvalue weighted by Crippen LogP contribution is 2.29. The molecule has 0 aliphatic carbocycles. The van der Waals surface area contributed by atoms with Gasteiger partial charge in [-0.25, -0.2) is 4.79 Å². The molecule has 0 aromatic heterocycles. The summed E-state index contributed by atoms with van der Waals surface area (Å²) >= 11 is 0. The Morgan fingerprint density at radius 2 is 1.70 bits per heavy atom. The number of hydrogen-bond donors (Lipinski definition) is 0. The van der Waals surface area contributed by atoms with Crippen molar-refractivity contribution in [2.45, 2.75) is 13.8 Å². The lowest BCUT2D eigenvalue weighted by molar-refractivity contribution is 0.0598. The van der Waals surface area contributed by atoms with E-state index in [0.717, 1.165) is 22.3 Å². The standard InChI is InChI=1S/C17H16O3/c1-11-6-4-7-13(12(11)2)14-8-5-9-15(16(14)10-18)17(19)20-3/h4-10H,1-3H3. The highest BCUT2D eigenvalue weighted by atomic mass is 16.5. The molecule has 3 heteroatoms. The molecule has 0 atom stereocenters. The van der Waals surface area contributed by atoms with Crippen molar-refractivity contribution in [2.75, 3.05) is 7.11 Å². The number of carbonyl (C=O) groups is 2. The first-order chi connectivity index (χ1) is 9.60. The maximum Gasteiger partial charge on any atom is 0.338 e. The zero-order valence-corrected chi connectivity index (χ0v) is 11.8. The zero-order valence-electron chi connectivity index (χ0n) is 11.8. The lowest BCUT2D eigenvalue weighted by Gasteiger charge is -2.13. The quantitative estimate of drug-likeness (QED) is 0.631. The summed E-state index contributed by atoms with van der Waals surface area (Å²) in [7, 11) is 1.31. The van der Waals surface area contributed by atoms with Gasteiger partial charge in [0.15, 0.2) is 6.29 Å². The molecular formula is C17H16O3. The van der Waals surface area contributed by atoms with Crippen LogP contribution in [-0.2, 0) is 4.74 Å². The average molecular weight is 268 g/mol. The monoisotopic (exact) mass is 268 g/mol. The van der Waals surface area contributed by atoms with Crippen LogP contribution in [0.15, 0.2) is 36.4 Å². The van der Waals surface area contributed by atoms with E-state index >= 15 is 0 Å². The highest BCUT2D eigenvalue weighted by Gasteiger charge is 2.16. The smallest absolute Gasteiger partial charge is 0.338 e. The number of hydrogen-bond acceptors (Lipinski definition) is 3. The van der Waals surface area contributed by atoms with Crippen molar-refractivity contribution in [3.8, 4) is 11.1 Å². The largest absolute Gasteiger partial charge is 0.465 e. The number of ether oxygens (including phenoxy) is 1. The highest BCUT2D eigenvalue weighted by molar-refractivity contribution is 6.03. The molecule has 3 nitrogen and oxygen atoms in total. The molecule has 2 rings (SSSR count). The van der Waals surface area contributed by atoms with Crippen molar-refractivity contribution in [2.24, 2.45) is 0 Å². The van der Waals surface area contributed by atoms with Gasteiger partial charge in [-0.1, -0.05) is 30.3 Å². The molecule has 0 aliphatic heterocycles. The average Bonchev–Trinajstić information content (AvgIpc) is 2.48. The summed E-state index contributed by atoms with van der Waals surface area (Å²) in [6.07, 6.45) is 0.712. The summed E-state index contributed by atoms with van der Waals surface area (Å²) < 4.78 is 4.73. The van der Waals surface area contributed by atoms with E-state index in [-0.39, 0.29) is 0 Å². The van der Waals surface area contributed by atoms with E-state index < -0.39 is 5.97 Å². The molecule has 0 saturated carbocycles. The Morgan fingerprint density at radius 1 is 1.05 bits per heavy atom. The zero-order chi connectivity index (χ0) is 14.7. The van der Waals surface area contributed by atoms with Crippen LogP contribution in [0.2, 0.25) is 0 Å². The molecule has 20 heavy (non-hydrogen) atoms. The third-order valence-corrected chi connectivity index (χ3v) is 3.52. The minimum Gasteiger partial charge on any atom is -0.465 e. The van der Waals surface area contributed by atoms with Crippen LogP contribution in [0.3, 0.4) is 0 Å². The van der Waals surface area contributed by atoms with Crippen LogP contribution in [0.4, 0.5) is 0 Å². The van der Waals surface area contributed by atoms with Gasteiger partial charge in [0.05, 0.1) is 12.7 Å². The SMILES string of the molecule is COC(=O)c1cccc(-c2cccc(C)c2C)c1C=O. The van der Waals surface area contributed by atoms with Crippen molar-refractivity contribution >= 4 is 12.3 Å². The van der Waals surface area contributed by atoms with E-state index in [1.165, 1.54) is 7.11 Å². The molecule has 0 spiro atoms. The first-order valence-electron chi connectivity index (χ1n) is 6.33. The molecule has 0 aliphatic rings. The second-order valence-corrected chi connectivity index (χ2v) is 4.62. The number of esters is 1. The second kappa shape index (κ2) is 5.70. The van der Waals surface area contributed by atoms with Crippen LogP contribution in [0.5, 0.6) is 0 Å². The molecule has 0 radical (unpaired) electrons. The van der Waals surface area contributed by atoms with Crippen LogP contribution in [0.1, 0.15) is 31.8 Å². The van der Waals surface area contributed by atoms with Crippen LogP contribution in [0.25, 0.3) is 11.1 Å². The Hall–Kier alpha value is -2.42. The van der Waals surface area contributed by atoms with Crippen molar-refractivity contribution < 1.29 is 14.3 Å². The van der Waals surface area contributed by atoms with Crippen LogP contribution < -0.4 is 0 Å². The molecule has 0 saturated heterocycles. The van der Waals surface area contributed by atoms with Crippen LogP contribution in [0, 0.1) is 13.8 Å². The van der Waals surface area contributed by atoms with Gasteiger partial charge in [0.2, 0.25) is 0 Å². The third-order valence-electron chi connectivity index (χ3n) is 3.52. The Bertz CT molecular complexity index is 672. The van der Waals surface area contributed by atoms with Gasteiger partial charge in [-0.3, -0.25) is 4.79 Å². The van der Waals surface area contributed by atoms with E-state index in [4.69, 9.17) is 4.74 Å². The molecule has 2 aromatic rings. The van der Waals surface area contributed by atoms with E-state index in [2.05, 4.69) is 0 Å². The summed E-state index contributed by atoms with van der Waals surface area (Å²) in [6, 6.07) is 11.1. The Balaban J connectivity index is 2.72. The summed E-state index contributed by atoms with van der Waals surface area (Å²) in [6.45, 7) is 4.02. The lowest BCUT2D eigenvalue weighted by atomic mass is 9.91. The number of benzene rings is 2. The summed E-state index contributed by atoms with van der Waals surface area (Å²) in [5, 5.41) is 0. The van der Waals surface area contributed by atoms with Gasteiger partial charge in [0.25, 0.3) is 0 Å². The number of aldehydes is 1. The van der Waals surface area contributed by atoms with Gasteiger partial charge in [0.1, 0.15) is 0 Å². The maximum absolute atomic E-state index is 11.7. The van der Waals surface area contributed by atoms with Crippen molar-refractivity contribution in [3.63, 3.8) is 0 Å². The first kappa shape index (κ1) is 14.0. The predicted octanol–water partition coefficient (Wildman–Crippen LogP) is 3.57. The molecule has 2 aromatic carbocycles. The van der Waals surface area contributed by atoms with Gasteiger partial charge in [-0.2, -0.15) is 0 Å². The Kier molecular flexibility index (Phi) is 3.99. The normalized spacial score (nSPS) is 10.2. The predicted molar refractivity (Wildman–Crippen MR) is 78.1 cm³/mol. The van der Waals surface area contributed by atoms with E-state index in [1.54, 1.807) is 12.1 Å². The number of aryl methyl sites for hydroxylation is 1. The maximum atomic E-state index is 11.7. The summed E-state index contributed by atoms with van der Waals surface area (Å²) in [4.78, 5) is 23.2. The molecule has 0 fully saturated rings. The van der Waals surface area contributed by atoms with Gasteiger partial charge in [0, 0.05) is 5.56 Å². The van der Waals surface area contributed by atoms with E-state index in [9.17, 15) is 9.59 Å². The Labute approximate surface area is 118 Å². The van der Waals surface area contributed by atoms with Crippen LogP contribution in [-0.4, -0.2) is 19.4 Å². The molecule has 0 heterocycles. The fourth-order valence-electron chi connectivity index (χ4n) is 2.26. The molecule has 0 amide bonds. The molecule has 0 bridgehead atoms. The van der Waals surface area contributed by atoms with E-state index in [1.807, 2.05) is 38.1 Å². The fraction of sp³-hybridized carbons (Fsp3) is 0.176. The van der Waals surface area contributed by atoms with Crippen LogP contribution >= 0.6 is 0 Å². The van der Waals surface area contributed by atoms with Crippen molar-refractivity contribution in [3.05, 3.63) is 58.7 Å². The topological polar surface area (TPSA) is 43.4 Å². The number of rotatable bonds is 3. The number of carbonyl (C=O) groups excluding carboxylic acids is 2. The van der Waals surface area contributed by atoms with Gasteiger partial charge >= 0.3 is 5.97 Å². The van der Waals surface area contributed by atoms with Gasteiger partial charge in [-0.05, 0) is 42.2 Å². The lowest BCUT2D eigenvalue weighted by Crippen LogP contribution is -2.06. The molecule has 102 valence electrons. The molecule has 0 unspecified atom stereocenters. The van der Waals surface area contributed by atoms with Crippen molar-refractivity contribution in [1.82, 2.24) is 0 Å². The minimum atomic E-state index is -0.501. The van der Waals surface area contributed by atoms with Gasteiger partial charge in [-0.15, -0.1) is 0 Å². The van der Waals surface area contributed by atoms with E-state index in [0.29, 0.717) is 17.4 Å². The fourth-order valence-corrected chi connectivity index (χ4v) is 2.26. The summed E-state index contributed by atoms with van der Waals surface area (Å²) in [5.41, 5.74) is 4.61. The molecular weight excluding hydrogens is 252 g/mol. The first-order valence-corrected chi connectivity index (χ1v) is 6.33. The number of methoxy groups -OCH3 is 1. The summed E-state index contributed by atoms with van der Waals surface area (Å²) in [5.74, 6) is -0.501. The Morgan fingerprint density at radius 3 is 2.35 bits per heavy atom.